The fourth-order valence-corrected chi connectivity index (χ4v) is 2.33. The Morgan fingerprint density at radius 3 is 2.57 bits per heavy atom. The molecule has 21 heavy (non-hydrogen) atoms. The minimum Gasteiger partial charge on any atom is -0.341 e. The third kappa shape index (κ3) is 4.02. The number of nitrogens with one attached hydrogen (secondary N) is 1. The van der Waals surface area contributed by atoms with Gasteiger partial charge in [0.05, 0.1) is 0 Å². The molecule has 0 spiro atoms. The summed E-state index contributed by atoms with van der Waals surface area (Å²) < 4.78 is 13.1. The second-order valence-electron chi connectivity index (χ2n) is 4.90. The minimum absolute atomic E-state index is 0.214. The molecule has 0 saturated carbocycles. The van der Waals surface area contributed by atoms with Crippen molar-refractivity contribution in [1.29, 1.82) is 0 Å². The van der Waals surface area contributed by atoms with Crippen LogP contribution in [0, 0.1) is 5.82 Å². The van der Waals surface area contributed by atoms with Gasteiger partial charge in [-0.1, -0.05) is 6.92 Å². The third-order valence-electron chi connectivity index (χ3n) is 3.37. The van der Waals surface area contributed by atoms with Gasteiger partial charge in [0.25, 0.3) is 0 Å². The Labute approximate surface area is 125 Å². The van der Waals surface area contributed by atoms with E-state index in [0.717, 1.165) is 43.0 Å². The van der Waals surface area contributed by atoms with Gasteiger partial charge in [-0.3, -0.25) is 4.98 Å². The predicted octanol–water partition coefficient (Wildman–Crippen LogP) is 3.88. The van der Waals surface area contributed by atoms with Gasteiger partial charge in [0.1, 0.15) is 5.82 Å². The van der Waals surface area contributed by atoms with Crippen LogP contribution in [-0.2, 0) is 6.54 Å². The molecule has 112 valence electrons. The summed E-state index contributed by atoms with van der Waals surface area (Å²) in [5.74, 6) is -0.214. The lowest BCUT2D eigenvalue weighted by Crippen LogP contribution is -2.21. The van der Waals surface area contributed by atoms with Crippen molar-refractivity contribution in [3.63, 3.8) is 0 Å². The lowest BCUT2D eigenvalue weighted by Gasteiger charge is -2.25. The summed E-state index contributed by atoms with van der Waals surface area (Å²) in [6.07, 6.45) is 4.79. The first-order valence-corrected chi connectivity index (χ1v) is 7.43. The average Bonchev–Trinajstić information content (AvgIpc) is 2.51. The molecule has 0 aliphatic carbocycles. The highest BCUT2D eigenvalue weighted by Crippen LogP contribution is 2.28. The first-order chi connectivity index (χ1) is 10.3. The van der Waals surface area contributed by atoms with E-state index in [1.54, 1.807) is 6.20 Å². The zero-order valence-electron chi connectivity index (χ0n) is 12.6. The predicted molar refractivity (Wildman–Crippen MR) is 85.3 cm³/mol. The lowest BCUT2D eigenvalue weighted by molar-refractivity contribution is 0.627. The Hall–Kier alpha value is -1.94. The summed E-state index contributed by atoms with van der Waals surface area (Å²) in [4.78, 5) is 6.39. The van der Waals surface area contributed by atoms with Gasteiger partial charge in [0, 0.05) is 42.4 Å². The van der Waals surface area contributed by atoms with Crippen LogP contribution in [0.25, 0.3) is 0 Å². The monoisotopic (exact) mass is 287 g/mol. The van der Waals surface area contributed by atoms with Crippen molar-refractivity contribution >= 4 is 11.4 Å². The van der Waals surface area contributed by atoms with E-state index in [2.05, 4.69) is 29.0 Å². The van der Waals surface area contributed by atoms with Crippen LogP contribution < -0.4 is 10.2 Å². The summed E-state index contributed by atoms with van der Waals surface area (Å²) in [6.45, 7) is 6.82. The van der Waals surface area contributed by atoms with E-state index < -0.39 is 0 Å². The molecule has 0 saturated heterocycles. The third-order valence-corrected chi connectivity index (χ3v) is 3.37. The van der Waals surface area contributed by atoms with Crippen LogP contribution in [0.2, 0.25) is 0 Å². The zero-order chi connectivity index (χ0) is 15.1. The van der Waals surface area contributed by atoms with Gasteiger partial charge in [-0.15, -0.1) is 0 Å². The molecule has 0 atom stereocenters. The van der Waals surface area contributed by atoms with Crippen molar-refractivity contribution in [1.82, 2.24) is 10.3 Å². The van der Waals surface area contributed by atoms with Crippen LogP contribution in [0.5, 0.6) is 0 Å². The average molecular weight is 287 g/mol. The quantitative estimate of drug-likeness (QED) is 0.783. The fraction of sp³-hybridized carbons (Fsp3) is 0.353. The van der Waals surface area contributed by atoms with Crippen molar-refractivity contribution in [3.05, 3.63) is 54.1 Å². The van der Waals surface area contributed by atoms with E-state index in [9.17, 15) is 4.39 Å². The molecule has 1 aromatic heterocycles. The maximum absolute atomic E-state index is 13.1. The largest absolute Gasteiger partial charge is 0.341 e. The standard InChI is InChI=1S/C17H22FN3/c1-3-10-19-12-14-13-20-11-9-17(14)21(4-2)16-7-5-15(18)6-8-16/h5-9,11,13,19H,3-4,10,12H2,1-2H3. The van der Waals surface area contributed by atoms with Crippen LogP contribution in [0.15, 0.2) is 42.7 Å². The maximum atomic E-state index is 13.1. The summed E-state index contributed by atoms with van der Waals surface area (Å²) in [5, 5.41) is 3.40. The van der Waals surface area contributed by atoms with Crippen molar-refractivity contribution < 1.29 is 4.39 Å². The van der Waals surface area contributed by atoms with E-state index in [1.165, 1.54) is 12.1 Å². The first-order valence-electron chi connectivity index (χ1n) is 7.43. The van der Waals surface area contributed by atoms with Crippen LogP contribution in [0.4, 0.5) is 15.8 Å². The number of rotatable bonds is 7. The van der Waals surface area contributed by atoms with Crippen LogP contribution >= 0.6 is 0 Å². The molecule has 2 aromatic rings. The van der Waals surface area contributed by atoms with Gasteiger partial charge in [-0.25, -0.2) is 4.39 Å². The minimum atomic E-state index is -0.214. The van der Waals surface area contributed by atoms with Crippen molar-refractivity contribution in [2.45, 2.75) is 26.8 Å². The number of halogens is 1. The summed E-state index contributed by atoms with van der Waals surface area (Å²) in [5.41, 5.74) is 3.25. The Balaban J connectivity index is 2.27. The Bertz CT molecular complexity index is 554. The highest BCUT2D eigenvalue weighted by Gasteiger charge is 2.11. The molecule has 1 aromatic carbocycles. The zero-order valence-corrected chi connectivity index (χ0v) is 12.6. The summed E-state index contributed by atoms with van der Waals surface area (Å²) in [6, 6.07) is 8.61. The molecule has 0 amide bonds. The topological polar surface area (TPSA) is 28.2 Å². The van der Waals surface area contributed by atoms with E-state index in [0.29, 0.717) is 0 Å². The number of anilines is 2. The lowest BCUT2D eigenvalue weighted by atomic mass is 10.1. The summed E-state index contributed by atoms with van der Waals surface area (Å²) in [7, 11) is 0. The fourth-order valence-electron chi connectivity index (χ4n) is 2.33. The highest BCUT2D eigenvalue weighted by atomic mass is 19.1. The molecule has 1 N–H and O–H groups in total. The molecule has 0 aliphatic heterocycles. The molecule has 0 unspecified atom stereocenters. The molecule has 4 heteroatoms. The number of nitrogens with zero attached hydrogens (tertiary/aromatic N) is 2. The second-order valence-corrected chi connectivity index (χ2v) is 4.90. The number of aromatic nitrogens is 1. The molecule has 1 heterocycles. The van der Waals surface area contributed by atoms with E-state index in [1.807, 2.05) is 24.4 Å². The van der Waals surface area contributed by atoms with Gasteiger partial charge < -0.3 is 10.2 Å². The Morgan fingerprint density at radius 2 is 1.90 bits per heavy atom. The molecule has 2 rings (SSSR count). The van der Waals surface area contributed by atoms with Crippen LogP contribution in [-0.4, -0.2) is 18.1 Å². The number of pyridine rings is 1. The van der Waals surface area contributed by atoms with Crippen molar-refractivity contribution in [2.24, 2.45) is 0 Å². The summed E-state index contributed by atoms with van der Waals surface area (Å²) >= 11 is 0. The Kier molecular flexibility index (Phi) is 5.69. The molecule has 0 radical (unpaired) electrons. The van der Waals surface area contributed by atoms with E-state index >= 15 is 0 Å². The van der Waals surface area contributed by atoms with Crippen LogP contribution in [0.3, 0.4) is 0 Å². The van der Waals surface area contributed by atoms with Gasteiger partial charge in [0.15, 0.2) is 0 Å². The highest BCUT2D eigenvalue weighted by molar-refractivity contribution is 5.65. The van der Waals surface area contributed by atoms with E-state index in [4.69, 9.17) is 0 Å². The molecule has 0 bridgehead atoms. The number of hydrogen-bond donors (Lipinski definition) is 1. The normalized spacial score (nSPS) is 10.6. The SMILES string of the molecule is CCCNCc1cnccc1N(CC)c1ccc(F)cc1. The number of hydrogen-bond acceptors (Lipinski definition) is 3. The molecule has 3 nitrogen and oxygen atoms in total. The van der Waals surface area contributed by atoms with Gasteiger partial charge in [0.2, 0.25) is 0 Å². The molecule has 0 aliphatic rings. The van der Waals surface area contributed by atoms with E-state index in [-0.39, 0.29) is 5.82 Å². The van der Waals surface area contributed by atoms with Crippen LogP contribution in [0.1, 0.15) is 25.8 Å². The van der Waals surface area contributed by atoms with Gasteiger partial charge >= 0.3 is 0 Å². The smallest absolute Gasteiger partial charge is 0.123 e. The number of benzene rings is 1. The molecule has 0 fully saturated rings. The Morgan fingerprint density at radius 1 is 1.14 bits per heavy atom. The van der Waals surface area contributed by atoms with Gasteiger partial charge in [-0.05, 0) is 50.2 Å². The van der Waals surface area contributed by atoms with Gasteiger partial charge in [-0.2, -0.15) is 0 Å². The second kappa shape index (κ2) is 7.74. The maximum Gasteiger partial charge on any atom is 0.123 e. The molecular formula is C17H22FN3. The molecular weight excluding hydrogens is 265 g/mol. The van der Waals surface area contributed by atoms with Crippen molar-refractivity contribution in [3.8, 4) is 0 Å². The van der Waals surface area contributed by atoms with Crippen molar-refractivity contribution in [2.75, 3.05) is 18.0 Å². The first kappa shape index (κ1) is 15.4.